The van der Waals surface area contributed by atoms with E-state index in [4.69, 9.17) is 27.8 Å². The number of benzene rings is 9. The topological polar surface area (TPSA) is 69.7 Å². The van der Waals surface area contributed by atoms with Crippen molar-refractivity contribution in [1.82, 2.24) is 0 Å². The van der Waals surface area contributed by atoms with E-state index in [9.17, 15) is 0 Å². The molecule has 0 bridgehead atoms. The number of para-hydroxylation sites is 2. The average molecular weight is 883 g/mol. The van der Waals surface area contributed by atoms with Crippen LogP contribution in [0.2, 0.25) is 0 Å². The average Bonchev–Trinajstić information content (AvgIpc) is 3.95. The van der Waals surface area contributed by atoms with Crippen molar-refractivity contribution in [3.05, 3.63) is 175 Å². The molecule has 0 radical (unpaired) electrons. The fraction of sp³-hybridized carbons (Fsp3) is 0.0847. The van der Waals surface area contributed by atoms with E-state index in [0.717, 1.165) is 134 Å². The van der Waals surface area contributed by atoms with Gasteiger partial charge in [-0.1, -0.05) is 72.8 Å². The van der Waals surface area contributed by atoms with Crippen LogP contribution in [0, 0.1) is 6.92 Å². The summed E-state index contributed by atoms with van der Waals surface area (Å²) in [6.45, 7) is 4.06. The molecule has 0 N–H and O–H groups in total. The molecule has 0 fully saturated rings. The summed E-state index contributed by atoms with van der Waals surface area (Å²) < 4.78 is 37.7. The standard InChI is InChI=1S/C59H39BN2O6/c1-34-25-49-59-50(26-34)62(40-16-20-53-56(31-40)64-22-21-63-53)48-33-58-57(65-23-24-66-58)32-46(48)60(59)45-19-15-36(38-14-18-44-42-10-3-5-12-52(42)68-55(44)30-38)28-47(45)61(49)39-8-6-7-35(27-39)37-13-17-43-41-9-2-4-11-51(41)67-54(43)29-37/h2-20,25-33H,21-24H2,1H3. The van der Waals surface area contributed by atoms with Crippen molar-refractivity contribution in [2.75, 3.05) is 36.2 Å². The third-order valence-corrected chi connectivity index (χ3v) is 14.2. The molecule has 68 heavy (non-hydrogen) atoms. The summed E-state index contributed by atoms with van der Waals surface area (Å²) in [6, 6.07) is 60.8. The minimum atomic E-state index is -0.142. The number of rotatable bonds is 4. The van der Waals surface area contributed by atoms with Crippen LogP contribution in [-0.2, 0) is 0 Å². The van der Waals surface area contributed by atoms with Crippen molar-refractivity contribution in [2.24, 2.45) is 0 Å². The van der Waals surface area contributed by atoms with E-state index in [1.165, 1.54) is 10.9 Å². The summed E-state index contributed by atoms with van der Waals surface area (Å²) >= 11 is 0. The van der Waals surface area contributed by atoms with Gasteiger partial charge in [0.2, 0.25) is 0 Å². The fourth-order valence-electron chi connectivity index (χ4n) is 11.2. The SMILES string of the molecule is Cc1cc2c3c(c1)N(c1ccc4c(c1)OCCO4)c1cc4c(cc1B3c1ccc(-c3ccc5c(c3)oc3ccccc35)cc1N2c1cccc(-c2ccc3c(c2)oc2ccccc23)c1)OCCO4. The summed E-state index contributed by atoms with van der Waals surface area (Å²) in [5.41, 5.74) is 18.8. The Morgan fingerprint density at radius 2 is 0.897 bits per heavy atom. The first-order chi connectivity index (χ1) is 33.6. The van der Waals surface area contributed by atoms with E-state index in [1.807, 2.05) is 30.3 Å². The molecule has 0 spiro atoms. The zero-order chi connectivity index (χ0) is 44.6. The number of hydrogen-bond acceptors (Lipinski definition) is 8. The first kappa shape index (κ1) is 37.6. The molecule has 0 amide bonds. The van der Waals surface area contributed by atoms with Gasteiger partial charge in [-0.2, -0.15) is 0 Å². The predicted molar refractivity (Wildman–Crippen MR) is 273 cm³/mol. The third kappa shape index (κ3) is 5.56. The second-order valence-electron chi connectivity index (χ2n) is 18.1. The van der Waals surface area contributed by atoms with Gasteiger partial charge >= 0.3 is 0 Å². The van der Waals surface area contributed by atoms with Crippen molar-refractivity contribution in [1.29, 1.82) is 0 Å². The predicted octanol–water partition coefficient (Wildman–Crippen LogP) is 12.8. The van der Waals surface area contributed by atoms with Crippen LogP contribution in [0.15, 0.2) is 179 Å². The van der Waals surface area contributed by atoms with Gasteiger partial charge in [-0.3, -0.25) is 0 Å². The van der Waals surface area contributed by atoms with Gasteiger partial charge in [0.1, 0.15) is 48.8 Å². The number of ether oxygens (including phenoxy) is 4. The van der Waals surface area contributed by atoms with Crippen molar-refractivity contribution in [3.63, 3.8) is 0 Å². The Morgan fingerprint density at radius 1 is 0.368 bits per heavy atom. The molecule has 15 rings (SSSR count). The molecule has 4 aliphatic heterocycles. The third-order valence-electron chi connectivity index (χ3n) is 14.2. The van der Waals surface area contributed by atoms with Gasteiger partial charge in [-0.15, -0.1) is 0 Å². The second kappa shape index (κ2) is 14.2. The molecule has 0 unspecified atom stereocenters. The number of fused-ring (bicyclic) bond motifs is 12. The lowest BCUT2D eigenvalue weighted by atomic mass is 9.33. The van der Waals surface area contributed by atoms with Crippen LogP contribution < -0.4 is 45.1 Å². The molecule has 4 aliphatic rings. The molecular weight excluding hydrogens is 843 g/mol. The molecule has 0 aliphatic carbocycles. The normalized spacial score (nSPS) is 14.4. The van der Waals surface area contributed by atoms with E-state index in [-0.39, 0.29) is 6.71 Å². The minimum absolute atomic E-state index is 0.142. The number of aryl methyl sites for hydroxylation is 1. The summed E-state index contributed by atoms with van der Waals surface area (Å²) in [7, 11) is 0. The molecule has 11 aromatic rings. The van der Waals surface area contributed by atoms with Crippen LogP contribution in [0.1, 0.15) is 5.56 Å². The van der Waals surface area contributed by atoms with E-state index in [0.29, 0.717) is 26.4 Å². The van der Waals surface area contributed by atoms with Gasteiger partial charge < -0.3 is 37.6 Å². The van der Waals surface area contributed by atoms with Crippen LogP contribution in [0.3, 0.4) is 0 Å². The van der Waals surface area contributed by atoms with Crippen LogP contribution >= 0.6 is 0 Å². The van der Waals surface area contributed by atoms with Gasteiger partial charge in [0.25, 0.3) is 6.71 Å². The first-order valence-electron chi connectivity index (χ1n) is 23.2. The molecule has 2 aromatic heterocycles. The Labute approximate surface area is 391 Å². The number of anilines is 6. The summed E-state index contributed by atoms with van der Waals surface area (Å²) in [6.07, 6.45) is 0. The Morgan fingerprint density at radius 3 is 1.57 bits per heavy atom. The van der Waals surface area contributed by atoms with Crippen LogP contribution in [0.25, 0.3) is 66.1 Å². The molecule has 8 nitrogen and oxygen atoms in total. The quantitative estimate of drug-likeness (QED) is 0.162. The van der Waals surface area contributed by atoms with Gasteiger partial charge in [-0.25, -0.2) is 0 Å². The van der Waals surface area contributed by atoms with Crippen LogP contribution in [-0.4, -0.2) is 33.1 Å². The Kier molecular flexibility index (Phi) is 7.87. The zero-order valence-corrected chi connectivity index (χ0v) is 36.9. The highest BCUT2D eigenvalue weighted by Gasteiger charge is 2.44. The zero-order valence-electron chi connectivity index (χ0n) is 36.9. The molecule has 9 aromatic carbocycles. The molecule has 0 atom stereocenters. The molecule has 6 heterocycles. The molecule has 324 valence electrons. The highest BCUT2D eigenvalue weighted by molar-refractivity contribution is 7.00. The van der Waals surface area contributed by atoms with Gasteiger partial charge in [0.05, 0.1) is 5.69 Å². The molecule has 9 heteroatoms. The molecule has 0 saturated heterocycles. The molecule has 0 saturated carbocycles. The Hall–Kier alpha value is -8.56. The van der Waals surface area contributed by atoms with E-state index >= 15 is 0 Å². The second-order valence-corrected chi connectivity index (χ2v) is 18.1. The molecular formula is C59H39BN2O6. The monoisotopic (exact) mass is 882 g/mol. The minimum Gasteiger partial charge on any atom is -0.486 e. The summed E-state index contributed by atoms with van der Waals surface area (Å²) in [5.74, 6) is 2.97. The van der Waals surface area contributed by atoms with E-state index in [2.05, 4.69) is 156 Å². The van der Waals surface area contributed by atoms with Crippen LogP contribution in [0.4, 0.5) is 34.1 Å². The van der Waals surface area contributed by atoms with Gasteiger partial charge in [0, 0.05) is 62.1 Å². The maximum Gasteiger partial charge on any atom is 0.252 e. The smallest absolute Gasteiger partial charge is 0.252 e. The largest absolute Gasteiger partial charge is 0.486 e. The number of nitrogens with zero attached hydrogens (tertiary/aromatic N) is 2. The number of furan rings is 2. The Bertz CT molecular complexity index is 3950. The number of hydrogen-bond donors (Lipinski definition) is 0. The lowest BCUT2D eigenvalue weighted by molar-refractivity contribution is 0.171. The lowest BCUT2D eigenvalue weighted by Gasteiger charge is -2.45. The van der Waals surface area contributed by atoms with Crippen molar-refractivity contribution in [2.45, 2.75) is 6.92 Å². The van der Waals surface area contributed by atoms with Crippen LogP contribution in [0.5, 0.6) is 23.0 Å². The van der Waals surface area contributed by atoms with Gasteiger partial charge in [-0.05, 0) is 136 Å². The van der Waals surface area contributed by atoms with E-state index < -0.39 is 0 Å². The van der Waals surface area contributed by atoms with Crippen molar-refractivity contribution in [3.8, 4) is 45.3 Å². The maximum absolute atomic E-state index is 6.43. The summed E-state index contributed by atoms with van der Waals surface area (Å²) in [5, 5.41) is 4.45. The summed E-state index contributed by atoms with van der Waals surface area (Å²) in [4.78, 5) is 4.84. The van der Waals surface area contributed by atoms with Crippen molar-refractivity contribution >= 4 is 101 Å². The highest BCUT2D eigenvalue weighted by Crippen LogP contribution is 2.49. The first-order valence-corrected chi connectivity index (χ1v) is 23.2. The highest BCUT2D eigenvalue weighted by atomic mass is 16.6. The lowest BCUT2D eigenvalue weighted by Crippen LogP contribution is -2.61. The Balaban J connectivity index is 0.969. The van der Waals surface area contributed by atoms with Gasteiger partial charge in [0.15, 0.2) is 23.0 Å². The van der Waals surface area contributed by atoms with Crippen molar-refractivity contribution < 1.29 is 27.8 Å². The van der Waals surface area contributed by atoms with E-state index in [1.54, 1.807) is 0 Å². The maximum atomic E-state index is 6.43. The fourth-order valence-corrected chi connectivity index (χ4v) is 11.2.